The third-order valence-corrected chi connectivity index (χ3v) is 1.52. The maximum atomic E-state index is 3.00. The van der Waals surface area contributed by atoms with Crippen molar-refractivity contribution in [3.8, 4) is 0 Å². The molecule has 1 aliphatic rings. The molecule has 0 spiro atoms. The summed E-state index contributed by atoms with van der Waals surface area (Å²) in [4.78, 5) is 1.31. The molecule has 0 saturated heterocycles. The van der Waals surface area contributed by atoms with Gasteiger partial charge in [-0.05, 0) is 18.9 Å². The van der Waals surface area contributed by atoms with E-state index in [4.69, 9.17) is 0 Å². The van der Waals surface area contributed by atoms with Crippen LogP contribution >= 0.6 is 11.9 Å². The maximum Gasteiger partial charge on any atom is 0.0243 e. The van der Waals surface area contributed by atoms with Crippen molar-refractivity contribution in [2.24, 2.45) is 0 Å². The molecule has 0 aromatic heterocycles. The summed E-state index contributed by atoms with van der Waals surface area (Å²) in [5.74, 6) is 0. The van der Waals surface area contributed by atoms with Gasteiger partial charge in [0, 0.05) is 18.2 Å². The fraction of sp³-hybridized carbons (Fsp3) is 0.500. The van der Waals surface area contributed by atoms with Crippen LogP contribution in [0.2, 0.25) is 0 Å². The molecule has 0 saturated carbocycles. The molecule has 0 atom stereocenters. The third kappa shape index (κ3) is 1.11. The monoisotopic (exact) mass is 116 g/mol. The molecule has 0 aliphatic carbocycles. The van der Waals surface area contributed by atoms with E-state index in [2.05, 4.69) is 12.3 Å². The minimum absolute atomic E-state index is 1.31. The lowest BCUT2D eigenvalue weighted by molar-refractivity contribution is 0.505. The molecule has 1 rings (SSSR count). The first-order chi connectivity index (χ1) is 3.29. The van der Waals surface area contributed by atoms with Crippen LogP contribution in [-0.2, 0) is 0 Å². The Morgan fingerprint density at radius 2 is 2.57 bits per heavy atom. The molecule has 1 N–H and O–H groups in total. The highest BCUT2D eigenvalue weighted by Crippen LogP contribution is 2.20. The minimum atomic E-state index is 1.31. The molecule has 2 nitrogen and oxygen atoms in total. The van der Waals surface area contributed by atoms with Crippen LogP contribution in [0.1, 0.15) is 6.92 Å². The summed E-state index contributed by atoms with van der Waals surface area (Å²) in [5.41, 5.74) is 3.00. The molecule has 0 radical (unpaired) electrons. The number of hydrogen-bond acceptors (Lipinski definition) is 3. The standard InChI is InChI=1S/C4H8N2S/c1-4-3-5-6(2)7-4/h3,5H,1-2H3. The second-order valence-electron chi connectivity index (χ2n) is 1.47. The molecule has 0 aromatic carbocycles. The van der Waals surface area contributed by atoms with Crippen molar-refractivity contribution in [1.82, 2.24) is 9.84 Å². The smallest absolute Gasteiger partial charge is 0.0243 e. The van der Waals surface area contributed by atoms with Crippen molar-refractivity contribution in [1.29, 1.82) is 0 Å². The molecule has 7 heavy (non-hydrogen) atoms. The molecule has 0 unspecified atom stereocenters. The fourth-order valence-electron chi connectivity index (χ4n) is 0.450. The highest BCUT2D eigenvalue weighted by atomic mass is 32.2. The Morgan fingerprint density at radius 1 is 1.86 bits per heavy atom. The number of hydrogen-bond donors (Lipinski definition) is 1. The van der Waals surface area contributed by atoms with Crippen molar-refractivity contribution < 1.29 is 0 Å². The van der Waals surface area contributed by atoms with Crippen LogP contribution < -0.4 is 5.43 Å². The third-order valence-electron chi connectivity index (χ3n) is 0.731. The largest absolute Gasteiger partial charge is 0.316 e. The molecule has 0 amide bonds. The quantitative estimate of drug-likeness (QED) is 0.474. The predicted molar refractivity (Wildman–Crippen MR) is 32.2 cm³/mol. The summed E-state index contributed by atoms with van der Waals surface area (Å²) in [6.45, 7) is 2.07. The zero-order chi connectivity index (χ0) is 5.28. The number of nitrogens with zero attached hydrogens (tertiary/aromatic N) is 1. The van der Waals surface area contributed by atoms with Crippen molar-refractivity contribution in [2.75, 3.05) is 7.05 Å². The first kappa shape index (κ1) is 5.00. The van der Waals surface area contributed by atoms with Crippen LogP contribution in [0.3, 0.4) is 0 Å². The van der Waals surface area contributed by atoms with E-state index in [-0.39, 0.29) is 0 Å². The Labute approximate surface area is 47.7 Å². The molecule has 3 heteroatoms. The lowest BCUT2D eigenvalue weighted by atomic mass is 10.7. The van der Waals surface area contributed by atoms with Crippen molar-refractivity contribution >= 4 is 11.9 Å². The molecule has 40 valence electrons. The van der Waals surface area contributed by atoms with Gasteiger partial charge in [0.1, 0.15) is 0 Å². The van der Waals surface area contributed by atoms with E-state index < -0.39 is 0 Å². The Hall–Kier alpha value is -0.150. The average molecular weight is 116 g/mol. The summed E-state index contributed by atoms with van der Waals surface area (Å²) in [7, 11) is 1.98. The topological polar surface area (TPSA) is 15.3 Å². The number of hydrazine groups is 1. The van der Waals surface area contributed by atoms with Gasteiger partial charge >= 0.3 is 0 Å². The van der Waals surface area contributed by atoms with Gasteiger partial charge in [-0.1, -0.05) is 0 Å². The molecule has 0 fully saturated rings. The van der Waals surface area contributed by atoms with E-state index >= 15 is 0 Å². The summed E-state index contributed by atoms with van der Waals surface area (Å²) >= 11 is 1.70. The van der Waals surface area contributed by atoms with Gasteiger partial charge in [0.15, 0.2) is 0 Å². The van der Waals surface area contributed by atoms with Gasteiger partial charge < -0.3 is 5.43 Å². The van der Waals surface area contributed by atoms with Crippen molar-refractivity contribution in [3.05, 3.63) is 11.1 Å². The van der Waals surface area contributed by atoms with Crippen LogP contribution in [0.5, 0.6) is 0 Å². The van der Waals surface area contributed by atoms with Crippen LogP contribution in [0.25, 0.3) is 0 Å². The van der Waals surface area contributed by atoms with Gasteiger partial charge in [0.05, 0.1) is 0 Å². The first-order valence-electron chi connectivity index (χ1n) is 2.13. The highest BCUT2D eigenvalue weighted by Gasteiger charge is 2.02. The van der Waals surface area contributed by atoms with Crippen LogP contribution in [0, 0.1) is 0 Å². The second-order valence-corrected chi connectivity index (χ2v) is 2.85. The normalized spacial score (nSPS) is 21.7. The van der Waals surface area contributed by atoms with E-state index in [0.717, 1.165) is 0 Å². The van der Waals surface area contributed by atoms with Crippen molar-refractivity contribution in [2.45, 2.75) is 6.92 Å². The first-order valence-corrected chi connectivity index (χ1v) is 2.91. The van der Waals surface area contributed by atoms with Crippen LogP contribution in [0.4, 0.5) is 0 Å². The molecule has 1 heterocycles. The Bertz CT molecular complexity index is 99.9. The van der Waals surface area contributed by atoms with Gasteiger partial charge in [-0.15, -0.1) is 0 Å². The fourth-order valence-corrected chi connectivity index (χ4v) is 1.09. The molecular formula is C4H8N2S. The van der Waals surface area contributed by atoms with E-state index in [1.807, 2.05) is 17.7 Å². The van der Waals surface area contributed by atoms with Gasteiger partial charge in [0.25, 0.3) is 0 Å². The lowest BCUT2D eigenvalue weighted by Crippen LogP contribution is -2.16. The van der Waals surface area contributed by atoms with Crippen LogP contribution in [0.15, 0.2) is 11.1 Å². The Morgan fingerprint density at radius 3 is 2.71 bits per heavy atom. The van der Waals surface area contributed by atoms with E-state index in [0.29, 0.717) is 0 Å². The maximum absolute atomic E-state index is 3.00. The van der Waals surface area contributed by atoms with E-state index in [1.54, 1.807) is 11.9 Å². The second kappa shape index (κ2) is 1.76. The van der Waals surface area contributed by atoms with Gasteiger partial charge in [-0.2, -0.15) is 4.41 Å². The predicted octanol–water partition coefficient (Wildman–Crippen LogP) is 0.946. The number of allylic oxidation sites excluding steroid dienone is 1. The van der Waals surface area contributed by atoms with E-state index in [1.165, 1.54) is 4.91 Å². The summed E-state index contributed by atoms with van der Waals surface area (Å²) in [6.07, 6.45) is 1.98. The summed E-state index contributed by atoms with van der Waals surface area (Å²) in [6, 6.07) is 0. The lowest BCUT2D eigenvalue weighted by Gasteiger charge is -2.03. The average Bonchev–Trinajstić information content (AvgIpc) is 1.87. The summed E-state index contributed by atoms with van der Waals surface area (Å²) in [5, 5.41) is 0. The number of rotatable bonds is 0. The van der Waals surface area contributed by atoms with Crippen LogP contribution in [-0.4, -0.2) is 11.5 Å². The molecule has 1 aliphatic heterocycles. The SMILES string of the molecule is CC1=CNN(C)S1. The Balaban J connectivity index is 2.42. The summed E-state index contributed by atoms with van der Waals surface area (Å²) < 4.78 is 1.95. The highest BCUT2D eigenvalue weighted by molar-refractivity contribution is 8.00. The van der Waals surface area contributed by atoms with Gasteiger partial charge in [-0.25, -0.2) is 0 Å². The zero-order valence-corrected chi connectivity index (χ0v) is 5.25. The zero-order valence-electron chi connectivity index (χ0n) is 4.43. The van der Waals surface area contributed by atoms with Gasteiger partial charge in [-0.3, -0.25) is 0 Å². The molecular weight excluding hydrogens is 108 g/mol. The van der Waals surface area contributed by atoms with Gasteiger partial charge in [0.2, 0.25) is 0 Å². The Kier molecular flexibility index (Phi) is 1.25. The molecule has 0 bridgehead atoms. The minimum Gasteiger partial charge on any atom is -0.316 e. The van der Waals surface area contributed by atoms with Crippen molar-refractivity contribution in [3.63, 3.8) is 0 Å². The molecule has 0 aromatic rings. The number of nitrogens with one attached hydrogen (secondary N) is 1. The van der Waals surface area contributed by atoms with E-state index in [9.17, 15) is 0 Å².